The minimum absolute atomic E-state index is 0.0328. The van der Waals surface area contributed by atoms with E-state index in [1.54, 1.807) is 0 Å². The highest BCUT2D eigenvalue weighted by atomic mass is 16.5. The molecule has 3 aliphatic rings. The third-order valence-electron chi connectivity index (χ3n) is 7.50. The molecule has 2 unspecified atom stereocenters. The van der Waals surface area contributed by atoms with Crippen LogP contribution in [0.25, 0.3) is 11.0 Å². The molecule has 1 aromatic heterocycles. The summed E-state index contributed by atoms with van der Waals surface area (Å²) in [4.78, 5) is 14.6. The quantitative estimate of drug-likeness (QED) is 0.496. The number of fused-ring (bicyclic) bond motifs is 1. The van der Waals surface area contributed by atoms with E-state index in [1.807, 2.05) is 25.1 Å². The Bertz CT molecular complexity index is 950. The van der Waals surface area contributed by atoms with Crippen molar-refractivity contribution in [3.63, 3.8) is 0 Å². The first-order valence-corrected chi connectivity index (χ1v) is 12.8. The molecule has 186 valence electrons. The summed E-state index contributed by atoms with van der Waals surface area (Å²) >= 11 is 0. The van der Waals surface area contributed by atoms with Crippen LogP contribution in [-0.4, -0.2) is 61.8 Å². The number of esters is 1. The maximum atomic E-state index is 12.4. The molecule has 8 nitrogen and oxygen atoms in total. The van der Waals surface area contributed by atoms with E-state index in [0.717, 1.165) is 56.5 Å². The van der Waals surface area contributed by atoms with Crippen molar-refractivity contribution >= 4 is 16.9 Å². The zero-order chi connectivity index (χ0) is 23.3. The van der Waals surface area contributed by atoms with Crippen LogP contribution < -0.4 is 9.47 Å². The van der Waals surface area contributed by atoms with Crippen LogP contribution >= 0.6 is 0 Å². The molecule has 0 radical (unpaired) electrons. The van der Waals surface area contributed by atoms with E-state index in [-0.39, 0.29) is 18.0 Å². The van der Waals surface area contributed by atoms with Crippen LogP contribution in [0.5, 0.6) is 11.6 Å². The molecule has 8 heteroatoms. The number of hydrogen-bond donors (Lipinski definition) is 0. The number of ether oxygens (including phenoxy) is 4. The highest BCUT2D eigenvalue weighted by Gasteiger charge is 2.28. The topological polar surface area (TPSA) is 83.3 Å². The number of likely N-dealkylation sites (tertiary alicyclic amines) is 1. The van der Waals surface area contributed by atoms with Crippen molar-refractivity contribution in [1.29, 1.82) is 0 Å². The Labute approximate surface area is 200 Å². The summed E-state index contributed by atoms with van der Waals surface area (Å²) in [5.41, 5.74) is 0.691. The third kappa shape index (κ3) is 5.66. The number of benzene rings is 1. The van der Waals surface area contributed by atoms with Crippen molar-refractivity contribution in [2.24, 2.45) is 17.8 Å². The predicted molar refractivity (Wildman–Crippen MR) is 126 cm³/mol. The average Bonchev–Trinajstić information content (AvgIpc) is 3.25. The third-order valence-corrected chi connectivity index (χ3v) is 7.50. The monoisotopic (exact) mass is 472 g/mol. The van der Waals surface area contributed by atoms with Crippen LogP contribution in [0, 0.1) is 17.8 Å². The first-order valence-electron chi connectivity index (χ1n) is 12.8. The maximum absolute atomic E-state index is 12.4. The molecule has 1 aromatic carbocycles. The molecule has 2 atom stereocenters. The SMILES string of the molecule is CC1CC(C(=O)OCN2CCC(COc3noc4cccc(OCC5CCC5)c34)CC2)CCO1. The summed E-state index contributed by atoms with van der Waals surface area (Å²) in [6, 6.07) is 5.79. The van der Waals surface area contributed by atoms with E-state index in [4.69, 9.17) is 23.5 Å². The van der Waals surface area contributed by atoms with Crippen LogP contribution in [0.4, 0.5) is 0 Å². The van der Waals surface area contributed by atoms with Crippen molar-refractivity contribution in [3.05, 3.63) is 18.2 Å². The van der Waals surface area contributed by atoms with Crippen LogP contribution in [0.1, 0.15) is 51.9 Å². The van der Waals surface area contributed by atoms with Crippen LogP contribution in [0.3, 0.4) is 0 Å². The van der Waals surface area contributed by atoms with Gasteiger partial charge < -0.3 is 23.5 Å². The van der Waals surface area contributed by atoms with Gasteiger partial charge in [0.2, 0.25) is 0 Å². The summed E-state index contributed by atoms with van der Waals surface area (Å²) in [6.07, 6.45) is 7.42. The van der Waals surface area contributed by atoms with E-state index in [9.17, 15) is 4.79 Å². The Morgan fingerprint density at radius 2 is 1.88 bits per heavy atom. The summed E-state index contributed by atoms with van der Waals surface area (Å²) < 4.78 is 28.8. The Morgan fingerprint density at radius 1 is 1.09 bits per heavy atom. The highest BCUT2D eigenvalue weighted by Crippen LogP contribution is 2.36. The molecule has 0 bridgehead atoms. The van der Waals surface area contributed by atoms with Crippen molar-refractivity contribution in [3.8, 4) is 11.6 Å². The van der Waals surface area contributed by atoms with Gasteiger partial charge in [-0.1, -0.05) is 12.5 Å². The average molecular weight is 473 g/mol. The second-order valence-electron chi connectivity index (χ2n) is 10.1. The van der Waals surface area contributed by atoms with Gasteiger partial charge in [0.25, 0.3) is 5.88 Å². The van der Waals surface area contributed by atoms with Gasteiger partial charge in [-0.2, -0.15) is 0 Å². The number of carbonyl (C=O) groups is 1. The number of hydrogen-bond acceptors (Lipinski definition) is 8. The standard InChI is InChI=1S/C26H36N2O6/c1-18-14-21(10-13-30-18)26(29)33-17-28-11-8-20(9-12-28)16-32-25-24-22(31-15-19-4-2-5-19)6-3-7-23(24)34-27-25/h3,6-7,18-21H,2,4-5,8-17H2,1H3. The second-order valence-corrected chi connectivity index (χ2v) is 10.1. The normalized spacial score (nSPS) is 24.6. The molecule has 3 heterocycles. The molecule has 1 aliphatic carbocycles. The predicted octanol–water partition coefficient (Wildman–Crippen LogP) is 4.41. The molecule has 0 N–H and O–H groups in total. The summed E-state index contributed by atoms with van der Waals surface area (Å²) in [7, 11) is 0. The molecule has 3 fully saturated rings. The van der Waals surface area contributed by atoms with Crippen molar-refractivity contribution < 1.29 is 28.3 Å². The zero-order valence-corrected chi connectivity index (χ0v) is 20.1. The van der Waals surface area contributed by atoms with E-state index >= 15 is 0 Å². The van der Waals surface area contributed by atoms with Crippen LogP contribution in [0.2, 0.25) is 0 Å². The molecule has 2 aromatic rings. The molecule has 0 spiro atoms. The molecule has 5 rings (SSSR count). The summed E-state index contributed by atoms with van der Waals surface area (Å²) in [5, 5.41) is 4.99. The van der Waals surface area contributed by atoms with Crippen molar-refractivity contribution in [2.45, 2.75) is 58.0 Å². The van der Waals surface area contributed by atoms with E-state index < -0.39 is 0 Å². The number of nitrogens with zero attached hydrogens (tertiary/aromatic N) is 2. The molecule has 34 heavy (non-hydrogen) atoms. The van der Waals surface area contributed by atoms with Gasteiger partial charge in [0.15, 0.2) is 5.58 Å². The Morgan fingerprint density at radius 3 is 2.65 bits per heavy atom. The fourth-order valence-corrected chi connectivity index (χ4v) is 4.98. The van der Waals surface area contributed by atoms with E-state index in [0.29, 0.717) is 43.2 Å². The van der Waals surface area contributed by atoms with Gasteiger partial charge >= 0.3 is 5.97 Å². The van der Waals surface area contributed by atoms with Gasteiger partial charge in [-0.15, -0.1) is 0 Å². The van der Waals surface area contributed by atoms with E-state index in [1.165, 1.54) is 19.3 Å². The van der Waals surface area contributed by atoms with Gasteiger partial charge in [-0.25, -0.2) is 0 Å². The van der Waals surface area contributed by atoms with Gasteiger partial charge in [-0.05, 0) is 74.6 Å². The largest absolute Gasteiger partial charge is 0.492 e. The fourth-order valence-electron chi connectivity index (χ4n) is 4.98. The molecule has 2 saturated heterocycles. The first-order chi connectivity index (χ1) is 16.7. The molecular formula is C26H36N2O6. The molecular weight excluding hydrogens is 436 g/mol. The zero-order valence-electron chi connectivity index (χ0n) is 20.1. The molecule has 0 amide bonds. The van der Waals surface area contributed by atoms with E-state index in [2.05, 4.69) is 10.1 Å². The number of aromatic nitrogens is 1. The maximum Gasteiger partial charge on any atom is 0.310 e. The lowest BCUT2D eigenvalue weighted by Gasteiger charge is -2.32. The Hall–Kier alpha value is -2.32. The minimum Gasteiger partial charge on any atom is -0.492 e. The summed E-state index contributed by atoms with van der Waals surface area (Å²) in [5.74, 6) is 2.27. The van der Waals surface area contributed by atoms with Crippen molar-refractivity contribution in [2.75, 3.05) is 39.6 Å². The molecule has 2 aliphatic heterocycles. The van der Waals surface area contributed by atoms with Gasteiger partial charge in [0.05, 0.1) is 25.2 Å². The lowest BCUT2D eigenvalue weighted by Crippen LogP contribution is -2.39. The Kier molecular flexibility index (Phi) is 7.54. The summed E-state index contributed by atoms with van der Waals surface area (Å²) in [6.45, 7) is 6.13. The lowest BCUT2D eigenvalue weighted by molar-refractivity contribution is -0.159. The fraction of sp³-hybridized carbons (Fsp3) is 0.692. The van der Waals surface area contributed by atoms with Gasteiger partial charge in [0, 0.05) is 19.7 Å². The highest BCUT2D eigenvalue weighted by molar-refractivity contribution is 5.88. The number of rotatable bonds is 9. The number of carbonyl (C=O) groups excluding carboxylic acids is 1. The minimum atomic E-state index is -0.0890. The van der Waals surface area contributed by atoms with Crippen molar-refractivity contribution in [1.82, 2.24) is 10.1 Å². The Balaban J connectivity index is 1.07. The van der Waals surface area contributed by atoms with Crippen LogP contribution in [0.15, 0.2) is 22.7 Å². The van der Waals surface area contributed by atoms with Gasteiger partial charge in [-0.3, -0.25) is 9.69 Å². The smallest absolute Gasteiger partial charge is 0.310 e. The second kappa shape index (κ2) is 11.0. The lowest BCUT2D eigenvalue weighted by atomic mass is 9.86. The molecule has 1 saturated carbocycles. The first kappa shape index (κ1) is 23.4. The van der Waals surface area contributed by atoms with Crippen LogP contribution in [-0.2, 0) is 14.3 Å². The number of piperidine rings is 1. The van der Waals surface area contributed by atoms with Gasteiger partial charge in [0.1, 0.15) is 17.9 Å².